The standard InChI is InChI=1S/C11H15N3O5/c1-7-4-12-8(19-7)5-13-10(17)14-11(9(15)16)2-3-18-6-11/h4H,2-3,5-6H2,1H3,(H,15,16)(H2,13,14,17). The van der Waals surface area contributed by atoms with E-state index >= 15 is 0 Å². The molecular formula is C11H15N3O5. The van der Waals surface area contributed by atoms with Gasteiger partial charge in [0.2, 0.25) is 5.89 Å². The van der Waals surface area contributed by atoms with Crippen LogP contribution >= 0.6 is 0 Å². The predicted octanol–water partition coefficient (Wildman–Crippen LogP) is 0.0259. The summed E-state index contributed by atoms with van der Waals surface area (Å²) in [7, 11) is 0. The molecule has 1 unspecified atom stereocenters. The Hall–Kier alpha value is -2.09. The molecule has 2 rings (SSSR count). The van der Waals surface area contributed by atoms with E-state index in [9.17, 15) is 9.59 Å². The number of carbonyl (C=O) groups is 2. The van der Waals surface area contributed by atoms with Crippen molar-refractivity contribution in [2.45, 2.75) is 25.4 Å². The SMILES string of the molecule is Cc1cnc(CNC(=O)NC2(C(=O)O)CCOC2)o1. The van der Waals surface area contributed by atoms with Crippen molar-refractivity contribution in [1.82, 2.24) is 15.6 Å². The first-order valence-electron chi connectivity index (χ1n) is 5.80. The van der Waals surface area contributed by atoms with Crippen molar-refractivity contribution in [2.75, 3.05) is 13.2 Å². The van der Waals surface area contributed by atoms with Gasteiger partial charge in [0.25, 0.3) is 0 Å². The summed E-state index contributed by atoms with van der Waals surface area (Å²) in [6.45, 7) is 2.11. The fraction of sp³-hybridized carbons (Fsp3) is 0.545. The van der Waals surface area contributed by atoms with Crippen LogP contribution in [-0.2, 0) is 16.1 Å². The first-order valence-corrected chi connectivity index (χ1v) is 5.80. The highest BCUT2D eigenvalue weighted by atomic mass is 16.5. The number of carbonyl (C=O) groups excluding carboxylic acids is 1. The quantitative estimate of drug-likeness (QED) is 0.710. The van der Waals surface area contributed by atoms with Gasteiger partial charge in [-0.25, -0.2) is 14.6 Å². The van der Waals surface area contributed by atoms with E-state index in [-0.39, 0.29) is 19.6 Å². The number of aliphatic carboxylic acids is 1. The van der Waals surface area contributed by atoms with E-state index in [4.69, 9.17) is 14.3 Å². The molecule has 19 heavy (non-hydrogen) atoms. The number of hydrogen-bond acceptors (Lipinski definition) is 5. The van der Waals surface area contributed by atoms with Gasteiger partial charge in [0.05, 0.1) is 19.3 Å². The maximum Gasteiger partial charge on any atom is 0.332 e. The molecule has 2 heterocycles. The minimum Gasteiger partial charge on any atom is -0.479 e. The minimum absolute atomic E-state index is 0.0339. The number of carboxylic acid groups (broad SMARTS) is 1. The molecule has 1 aromatic heterocycles. The van der Waals surface area contributed by atoms with E-state index in [0.717, 1.165) is 0 Å². The molecule has 1 saturated heterocycles. The van der Waals surface area contributed by atoms with Crippen molar-refractivity contribution < 1.29 is 23.8 Å². The first-order chi connectivity index (χ1) is 9.02. The van der Waals surface area contributed by atoms with Gasteiger partial charge in [0, 0.05) is 13.0 Å². The van der Waals surface area contributed by atoms with Gasteiger partial charge in [-0.15, -0.1) is 0 Å². The Bertz CT molecular complexity index is 478. The van der Waals surface area contributed by atoms with Gasteiger partial charge in [-0.1, -0.05) is 0 Å². The lowest BCUT2D eigenvalue weighted by Gasteiger charge is -2.23. The Kier molecular flexibility index (Phi) is 3.70. The van der Waals surface area contributed by atoms with Gasteiger partial charge in [0.1, 0.15) is 5.76 Å². The van der Waals surface area contributed by atoms with Crippen LogP contribution in [-0.4, -0.2) is 40.8 Å². The molecule has 1 aliphatic rings. The number of aryl methyl sites for hydroxylation is 1. The molecule has 8 heteroatoms. The van der Waals surface area contributed by atoms with Crippen molar-refractivity contribution in [3.63, 3.8) is 0 Å². The molecule has 0 aromatic carbocycles. The van der Waals surface area contributed by atoms with Crippen LogP contribution < -0.4 is 10.6 Å². The molecule has 104 valence electrons. The van der Waals surface area contributed by atoms with Gasteiger partial charge in [0.15, 0.2) is 5.54 Å². The van der Waals surface area contributed by atoms with Crippen LogP contribution in [0.3, 0.4) is 0 Å². The zero-order chi connectivity index (χ0) is 13.9. The maximum absolute atomic E-state index is 11.7. The van der Waals surface area contributed by atoms with Crippen molar-refractivity contribution in [1.29, 1.82) is 0 Å². The Labute approximate surface area is 109 Å². The fourth-order valence-corrected chi connectivity index (χ4v) is 1.79. The van der Waals surface area contributed by atoms with Gasteiger partial charge in [-0.2, -0.15) is 0 Å². The largest absolute Gasteiger partial charge is 0.479 e. The van der Waals surface area contributed by atoms with Gasteiger partial charge in [-0.05, 0) is 6.92 Å². The monoisotopic (exact) mass is 269 g/mol. The second-order valence-electron chi connectivity index (χ2n) is 4.36. The molecule has 1 aromatic rings. The van der Waals surface area contributed by atoms with Crippen LogP contribution in [0.1, 0.15) is 18.1 Å². The van der Waals surface area contributed by atoms with E-state index in [1.165, 1.54) is 0 Å². The second-order valence-corrected chi connectivity index (χ2v) is 4.36. The number of ether oxygens (including phenoxy) is 1. The number of carboxylic acids is 1. The van der Waals surface area contributed by atoms with E-state index in [2.05, 4.69) is 15.6 Å². The van der Waals surface area contributed by atoms with Gasteiger partial charge < -0.3 is 24.9 Å². The minimum atomic E-state index is -1.35. The summed E-state index contributed by atoms with van der Waals surface area (Å²) in [6, 6.07) is -0.594. The Balaban J connectivity index is 1.88. The molecule has 1 fully saturated rings. The molecule has 0 bridgehead atoms. The zero-order valence-electron chi connectivity index (χ0n) is 10.4. The Morgan fingerprint density at radius 2 is 2.37 bits per heavy atom. The summed E-state index contributed by atoms with van der Waals surface area (Å²) in [4.78, 5) is 26.8. The fourth-order valence-electron chi connectivity index (χ4n) is 1.79. The number of amides is 2. The molecular weight excluding hydrogens is 254 g/mol. The van der Waals surface area contributed by atoms with Crippen LogP contribution in [0, 0.1) is 6.92 Å². The number of nitrogens with zero attached hydrogens (tertiary/aromatic N) is 1. The maximum atomic E-state index is 11.7. The third-order valence-electron chi connectivity index (χ3n) is 2.85. The lowest BCUT2D eigenvalue weighted by atomic mass is 9.99. The molecule has 0 radical (unpaired) electrons. The van der Waals surface area contributed by atoms with Crippen LogP contribution in [0.25, 0.3) is 0 Å². The molecule has 0 spiro atoms. The third kappa shape index (κ3) is 3.02. The second kappa shape index (κ2) is 5.27. The first kappa shape index (κ1) is 13.3. The molecule has 8 nitrogen and oxygen atoms in total. The van der Waals surface area contributed by atoms with Crippen molar-refractivity contribution in [2.24, 2.45) is 0 Å². The normalized spacial score (nSPS) is 22.2. The van der Waals surface area contributed by atoms with Gasteiger partial charge in [-0.3, -0.25) is 0 Å². The average Bonchev–Trinajstić information content (AvgIpc) is 2.97. The number of oxazole rings is 1. The topological polar surface area (TPSA) is 114 Å². The number of hydrogen-bond donors (Lipinski definition) is 3. The van der Waals surface area contributed by atoms with Crippen LogP contribution in [0.5, 0.6) is 0 Å². The van der Waals surface area contributed by atoms with E-state index in [0.29, 0.717) is 18.3 Å². The van der Waals surface area contributed by atoms with E-state index in [1.807, 2.05) is 0 Å². The third-order valence-corrected chi connectivity index (χ3v) is 2.85. The molecule has 0 saturated carbocycles. The number of urea groups is 1. The number of nitrogens with one attached hydrogen (secondary N) is 2. The summed E-state index contributed by atoms with van der Waals surface area (Å²) in [5.41, 5.74) is -1.35. The molecule has 2 amide bonds. The zero-order valence-corrected chi connectivity index (χ0v) is 10.4. The predicted molar refractivity (Wildman–Crippen MR) is 62.4 cm³/mol. The Morgan fingerprint density at radius 1 is 1.58 bits per heavy atom. The lowest BCUT2D eigenvalue weighted by molar-refractivity contribution is -0.144. The van der Waals surface area contributed by atoms with Crippen molar-refractivity contribution in [3.8, 4) is 0 Å². The molecule has 1 aliphatic heterocycles. The highest BCUT2D eigenvalue weighted by Crippen LogP contribution is 2.18. The number of aromatic nitrogens is 1. The summed E-state index contributed by atoms with van der Waals surface area (Å²) in [5.74, 6) is -0.102. The van der Waals surface area contributed by atoms with Crippen LogP contribution in [0.2, 0.25) is 0 Å². The highest BCUT2D eigenvalue weighted by Gasteiger charge is 2.43. The van der Waals surface area contributed by atoms with Gasteiger partial charge >= 0.3 is 12.0 Å². The van der Waals surface area contributed by atoms with Crippen LogP contribution in [0.4, 0.5) is 4.79 Å². The molecule has 0 aliphatic carbocycles. The lowest BCUT2D eigenvalue weighted by Crippen LogP contribution is -2.57. The number of rotatable bonds is 4. The summed E-state index contributed by atoms with van der Waals surface area (Å²) < 4.78 is 10.2. The summed E-state index contributed by atoms with van der Waals surface area (Å²) in [5, 5.41) is 14.1. The summed E-state index contributed by atoms with van der Waals surface area (Å²) in [6.07, 6.45) is 1.78. The van der Waals surface area contributed by atoms with Crippen LogP contribution in [0.15, 0.2) is 10.6 Å². The van der Waals surface area contributed by atoms with Crippen molar-refractivity contribution in [3.05, 3.63) is 17.8 Å². The molecule has 1 atom stereocenters. The van der Waals surface area contributed by atoms with E-state index in [1.54, 1.807) is 13.1 Å². The Morgan fingerprint density at radius 3 is 2.89 bits per heavy atom. The van der Waals surface area contributed by atoms with Crippen molar-refractivity contribution >= 4 is 12.0 Å². The van der Waals surface area contributed by atoms with E-state index < -0.39 is 17.5 Å². The molecule has 3 N–H and O–H groups in total. The smallest absolute Gasteiger partial charge is 0.332 e. The summed E-state index contributed by atoms with van der Waals surface area (Å²) >= 11 is 0. The average molecular weight is 269 g/mol. The highest BCUT2D eigenvalue weighted by molar-refractivity contribution is 5.86.